The second-order valence-corrected chi connectivity index (χ2v) is 3.51. The van der Waals surface area contributed by atoms with E-state index in [-0.39, 0.29) is 5.75 Å². The van der Waals surface area contributed by atoms with Crippen molar-refractivity contribution in [2.75, 3.05) is 38.4 Å². The number of aliphatic carboxylic acids is 1. The molecule has 0 bridgehead atoms. The number of carboxylic acids is 1. The molecule has 0 saturated heterocycles. The van der Waals surface area contributed by atoms with E-state index in [1.54, 1.807) is 7.11 Å². The first-order valence-electron chi connectivity index (χ1n) is 4.13. The van der Waals surface area contributed by atoms with Crippen molar-refractivity contribution in [2.24, 2.45) is 0 Å². The fourth-order valence-electron chi connectivity index (χ4n) is 0.685. The van der Waals surface area contributed by atoms with Gasteiger partial charge in [-0.3, -0.25) is 4.79 Å². The Balaban J connectivity index is 2.87. The first-order chi connectivity index (χ1) is 6.27. The molecule has 0 atom stereocenters. The van der Waals surface area contributed by atoms with Crippen LogP contribution in [-0.4, -0.2) is 49.5 Å². The maximum Gasteiger partial charge on any atom is 0.313 e. The third-order valence-electron chi connectivity index (χ3n) is 1.23. The molecule has 0 radical (unpaired) electrons. The Labute approximate surface area is 82.6 Å². The molecule has 0 aromatic carbocycles. The van der Waals surface area contributed by atoms with Crippen molar-refractivity contribution in [1.29, 1.82) is 0 Å². The number of hydrogen-bond donors (Lipinski definition) is 1. The zero-order valence-electron chi connectivity index (χ0n) is 7.82. The molecule has 0 amide bonds. The molecule has 0 aromatic heterocycles. The number of methoxy groups -OCH3 is 1. The van der Waals surface area contributed by atoms with Crippen LogP contribution in [0.2, 0.25) is 0 Å². The van der Waals surface area contributed by atoms with Crippen molar-refractivity contribution >= 4 is 17.7 Å². The van der Waals surface area contributed by atoms with E-state index in [2.05, 4.69) is 0 Å². The molecule has 0 aliphatic heterocycles. The number of carbonyl (C=O) groups is 1. The van der Waals surface area contributed by atoms with Crippen molar-refractivity contribution in [2.45, 2.75) is 6.42 Å². The van der Waals surface area contributed by atoms with Crippen molar-refractivity contribution in [3.8, 4) is 0 Å². The summed E-state index contributed by atoms with van der Waals surface area (Å²) in [7, 11) is 1.66. The van der Waals surface area contributed by atoms with Gasteiger partial charge in [-0.1, -0.05) is 0 Å². The van der Waals surface area contributed by atoms with Crippen LogP contribution in [0.3, 0.4) is 0 Å². The first-order valence-corrected chi connectivity index (χ1v) is 5.29. The summed E-state index contributed by atoms with van der Waals surface area (Å²) in [6, 6.07) is 0. The Morgan fingerprint density at radius 2 is 2.15 bits per heavy atom. The molecule has 0 heterocycles. The Hall–Kier alpha value is -0.260. The number of thioether (sulfide) groups is 1. The average molecular weight is 208 g/mol. The SMILES string of the molecule is COCCCOCCSCC(=O)O. The summed E-state index contributed by atoms with van der Waals surface area (Å²) in [4.78, 5) is 10.1. The van der Waals surface area contributed by atoms with Gasteiger partial charge in [0, 0.05) is 26.1 Å². The molecule has 4 nitrogen and oxygen atoms in total. The van der Waals surface area contributed by atoms with Gasteiger partial charge in [-0.15, -0.1) is 11.8 Å². The summed E-state index contributed by atoms with van der Waals surface area (Å²) >= 11 is 1.37. The fourth-order valence-corrected chi connectivity index (χ4v) is 1.24. The third-order valence-corrected chi connectivity index (χ3v) is 2.14. The predicted octanol–water partition coefficient (Wildman–Crippen LogP) is 0.857. The molecule has 0 fully saturated rings. The second-order valence-electron chi connectivity index (χ2n) is 2.41. The van der Waals surface area contributed by atoms with E-state index in [0.717, 1.165) is 12.2 Å². The fraction of sp³-hybridized carbons (Fsp3) is 0.875. The number of hydrogen-bond acceptors (Lipinski definition) is 4. The van der Waals surface area contributed by atoms with Crippen LogP contribution in [-0.2, 0) is 14.3 Å². The monoisotopic (exact) mass is 208 g/mol. The van der Waals surface area contributed by atoms with E-state index in [0.29, 0.717) is 19.8 Å². The van der Waals surface area contributed by atoms with Gasteiger partial charge in [0.2, 0.25) is 0 Å². The van der Waals surface area contributed by atoms with E-state index in [4.69, 9.17) is 14.6 Å². The van der Waals surface area contributed by atoms with Gasteiger partial charge in [-0.25, -0.2) is 0 Å². The van der Waals surface area contributed by atoms with Crippen LogP contribution in [0.4, 0.5) is 0 Å². The number of rotatable bonds is 9. The molecule has 13 heavy (non-hydrogen) atoms. The highest BCUT2D eigenvalue weighted by molar-refractivity contribution is 7.99. The van der Waals surface area contributed by atoms with Gasteiger partial charge in [0.25, 0.3) is 0 Å². The minimum absolute atomic E-state index is 0.154. The third kappa shape index (κ3) is 11.7. The standard InChI is InChI=1S/C8H16O4S/c1-11-3-2-4-12-5-6-13-7-8(9)10/h2-7H2,1H3,(H,9,10). The highest BCUT2D eigenvalue weighted by Crippen LogP contribution is 1.98. The quantitative estimate of drug-likeness (QED) is 0.569. The molecular formula is C8H16O4S. The van der Waals surface area contributed by atoms with E-state index in [1.165, 1.54) is 11.8 Å². The molecule has 0 aliphatic rings. The van der Waals surface area contributed by atoms with Crippen molar-refractivity contribution < 1.29 is 19.4 Å². The zero-order chi connectivity index (χ0) is 9.94. The van der Waals surface area contributed by atoms with Crippen LogP contribution >= 0.6 is 11.8 Å². The Morgan fingerprint density at radius 3 is 2.77 bits per heavy atom. The Morgan fingerprint density at radius 1 is 1.38 bits per heavy atom. The van der Waals surface area contributed by atoms with E-state index in [9.17, 15) is 4.79 Å². The maximum absolute atomic E-state index is 10.1. The average Bonchev–Trinajstić information content (AvgIpc) is 2.09. The van der Waals surface area contributed by atoms with E-state index < -0.39 is 5.97 Å². The minimum atomic E-state index is -0.774. The minimum Gasteiger partial charge on any atom is -0.481 e. The summed E-state index contributed by atoms with van der Waals surface area (Å²) in [5.41, 5.74) is 0. The summed E-state index contributed by atoms with van der Waals surface area (Å²) in [6.07, 6.45) is 0.889. The first kappa shape index (κ1) is 12.7. The van der Waals surface area contributed by atoms with Crippen molar-refractivity contribution in [1.82, 2.24) is 0 Å². The number of carboxylic acid groups (broad SMARTS) is 1. The summed E-state index contributed by atoms with van der Waals surface area (Å²) < 4.78 is 10.1. The largest absolute Gasteiger partial charge is 0.481 e. The van der Waals surface area contributed by atoms with Gasteiger partial charge in [0.1, 0.15) is 0 Å². The second kappa shape index (κ2) is 9.83. The van der Waals surface area contributed by atoms with Crippen LogP contribution < -0.4 is 0 Å². The summed E-state index contributed by atoms with van der Waals surface area (Å²) in [5, 5.41) is 8.31. The van der Waals surface area contributed by atoms with Crippen LogP contribution in [0.15, 0.2) is 0 Å². The molecule has 0 unspecified atom stereocenters. The molecule has 5 heteroatoms. The van der Waals surface area contributed by atoms with Gasteiger partial charge in [-0.05, 0) is 6.42 Å². The lowest BCUT2D eigenvalue weighted by Gasteiger charge is -2.02. The lowest BCUT2D eigenvalue weighted by molar-refractivity contribution is -0.133. The van der Waals surface area contributed by atoms with Gasteiger partial charge >= 0.3 is 5.97 Å². The highest BCUT2D eigenvalue weighted by Gasteiger charge is 1.96. The van der Waals surface area contributed by atoms with Gasteiger partial charge in [-0.2, -0.15) is 0 Å². The van der Waals surface area contributed by atoms with Gasteiger partial charge in [0.05, 0.1) is 12.4 Å². The molecule has 78 valence electrons. The van der Waals surface area contributed by atoms with E-state index in [1.807, 2.05) is 0 Å². The predicted molar refractivity (Wildman–Crippen MR) is 52.3 cm³/mol. The van der Waals surface area contributed by atoms with E-state index >= 15 is 0 Å². The highest BCUT2D eigenvalue weighted by atomic mass is 32.2. The van der Waals surface area contributed by atoms with Gasteiger partial charge < -0.3 is 14.6 Å². The summed E-state index contributed by atoms with van der Waals surface area (Å²) in [5.74, 6) is 0.116. The molecule has 0 spiro atoms. The van der Waals surface area contributed by atoms with Crippen LogP contribution in [0.1, 0.15) is 6.42 Å². The molecule has 0 aromatic rings. The molecule has 0 saturated carbocycles. The van der Waals surface area contributed by atoms with Crippen LogP contribution in [0.5, 0.6) is 0 Å². The van der Waals surface area contributed by atoms with Crippen molar-refractivity contribution in [3.63, 3.8) is 0 Å². The van der Waals surface area contributed by atoms with Crippen LogP contribution in [0, 0.1) is 0 Å². The van der Waals surface area contributed by atoms with Gasteiger partial charge in [0.15, 0.2) is 0 Å². The maximum atomic E-state index is 10.1. The molecular weight excluding hydrogens is 192 g/mol. The lowest BCUT2D eigenvalue weighted by Crippen LogP contribution is -2.04. The number of ether oxygens (including phenoxy) is 2. The molecule has 0 aliphatic carbocycles. The topological polar surface area (TPSA) is 55.8 Å². The Bertz CT molecular complexity index is 129. The molecule has 0 rings (SSSR count). The zero-order valence-corrected chi connectivity index (χ0v) is 8.64. The smallest absolute Gasteiger partial charge is 0.313 e. The summed E-state index contributed by atoms with van der Waals surface area (Å²) in [6.45, 7) is 2.01. The normalized spacial score (nSPS) is 10.2. The lowest BCUT2D eigenvalue weighted by atomic mass is 10.5. The molecule has 1 N–H and O–H groups in total. The van der Waals surface area contributed by atoms with Crippen molar-refractivity contribution in [3.05, 3.63) is 0 Å². The van der Waals surface area contributed by atoms with Crippen LogP contribution in [0.25, 0.3) is 0 Å². The Kier molecular flexibility index (Phi) is 9.63.